The summed E-state index contributed by atoms with van der Waals surface area (Å²) in [6, 6.07) is 5.08. The number of aromatic hydroxyl groups is 1. The predicted molar refractivity (Wildman–Crippen MR) is 76.9 cm³/mol. The van der Waals surface area contributed by atoms with Gasteiger partial charge in [-0.2, -0.15) is 0 Å². The largest absolute Gasteiger partial charge is 0.504 e. The van der Waals surface area contributed by atoms with E-state index in [9.17, 15) is 9.90 Å². The fourth-order valence-electron chi connectivity index (χ4n) is 1.61. The molecular weight excluding hydrogens is 268 g/mol. The van der Waals surface area contributed by atoms with E-state index in [2.05, 4.69) is 5.32 Å². The lowest BCUT2D eigenvalue weighted by Crippen LogP contribution is -2.28. The zero-order chi connectivity index (χ0) is 13.5. The number of hydrogen-bond acceptors (Lipinski definition) is 4. The third-order valence-electron chi connectivity index (χ3n) is 2.68. The van der Waals surface area contributed by atoms with Gasteiger partial charge in [-0.25, -0.2) is 0 Å². The van der Waals surface area contributed by atoms with Crippen molar-refractivity contribution < 1.29 is 14.6 Å². The summed E-state index contributed by atoms with van der Waals surface area (Å²) in [6.07, 6.45) is 0.474. The number of nitrogens with zero attached hydrogens (tertiary/aromatic N) is 1. The van der Waals surface area contributed by atoms with Crippen molar-refractivity contribution in [3.05, 3.63) is 23.8 Å². The van der Waals surface area contributed by atoms with Crippen LogP contribution in [-0.4, -0.2) is 43.7 Å². The van der Waals surface area contributed by atoms with Crippen LogP contribution in [0.25, 0.3) is 0 Å². The number of methoxy groups -OCH3 is 1. The standard InChI is InChI=1S/C13H20N2O3.ClH/c1-14-7-6-13(17)15(2)9-10-4-5-11(16)12(8-10)18-3;/h4-5,8,14,16H,6-7,9H2,1-3H3;1H. The Balaban J connectivity index is 0.00000324. The Morgan fingerprint density at radius 1 is 1.47 bits per heavy atom. The fourth-order valence-corrected chi connectivity index (χ4v) is 1.61. The average Bonchev–Trinajstić information content (AvgIpc) is 2.37. The Hall–Kier alpha value is -1.46. The highest BCUT2D eigenvalue weighted by atomic mass is 35.5. The molecule has 0 unspecified atom stereocenters. The highest BCUT2D eigenvalue weighted by Gasteiger charge is 2.10. The van der Waals surface area contributed by atoms with E-state index in [1.165, 1.54) is 7.11 Å². The van der Waals surface area contributed by atoms with Crippen LogP contribution in [0.15, 0.2) is 18.2 Å². The molecule has 0 fully saturated rings. The van der Waals surface area contributed by atoms with Crippen molar-refractivity contribution >= 4 is 18.3 Å². The minimum absolute atomic E-state index is 0. The topological polar surface area (TPSA) is 61.8 Å². The molecule has 108 valence electrons. The van der Waals surface area contributed by atoms with Crippen LogP contribution in [0.5, 0.6) is 11.5 Å². The van der Waals surface area contributed by atoms with E-state index in [1.807, 2.05) is 7.05 Å². The lowest BCUT2D eigenvalue weighted by atomic mass is 10.2. The van der Waals surface area contributed by atoms with Gasteiger partial charge in [-0.15, -0.1) is 12.4 Å². The molecular formula is C13H21ClN2O3. The Morgan fingerprint density at radius 2 is 2.16 bits per heavy atom. The van der Waals surface area contributed by atoms with Gasteiger partial charge in [-0.3, -0.25) is 4.79 Å². The minimum Gasteiger partial charge on any atom is -0.504 e. The summed E-state index contributed by atoms with van der Waals surface area (Å²) in [5, 5.41) is 12.4. The molecule has 1 aromatic carbocycles. The summed E-state index contributed by atoms with van der Waals surface area (Å²) in [5.41, 5.74) is 0.921. The van der Waals surface area contributed by atoms with Gasteiger partial charge in [-0.1, -0.05) is 6.07 Å². The first kappa shape index (κ1) is 17.5. The van der Waals surface area contributed by atoms with E-state index in [0.29, 0.717) is 25.3 Å². The summed E-state index contributed by atoms with van der Waals surface area (Å²) < 4.78 is 5.03. The molecule has 1 rings (SSSR count). The molecule has 5 nitrogen and oxygen atoms in total. The lowest BCUT2D eigenvalue weighted by molar-refractivity contribution is -0.130. The van der Waals surface area contributed by atoms with Gasteiger partial charge >= 0.3 is 0 Å². The number of amides is 1. The van der Waals surface area contributed by atoms with Gasteiger partial charge in [0.15, 0.2) is 11.5 Å². The van der Waals surface area contributed by atoms with E-state index < -0.39 is 0 Å². The van der Waals surface area contributed by atoms with Crippen molar-refractivity contribution in [1.82, 2.24) is 10.2 Å². The molecule has 0 radical (unpaired) electrons. The Kier molecular flexibility index (Phi) is 7.95. The molecule has 0 atom stereocenters. The van der Waals surface area contributed by atoms with Gasteiger partial charge in [-0.05, 0) is 24.7 Å². The number of carbonyl (C=O) groups is 1. The van der Waals surface area contributed by atoms with Crippen LogP contribution in [0.1, 0.15) is 12.0 Å². The molecule has 0 saturated heterocycles. The van der Waals surface area contributed by atoms with E-state index in [1.54, 1.807) is 30.1 Å². The zero-order valence-corrected chi connectivity index (χ0v) is 12.3. The third kappa shape index (κ3) is 5.36. The molecule has 0 spiro atoms. The van der Waals surface area contributed by atoms with Crippen molar-refractivity contribution in [1.29, 1.82) is 0 Å². The molecule has 19 heavy (non-hydrogen) atoms. The van der Waals surface area contributed by atoms with Crippen molar-refractivity contribution in [3.63, 3.8) is 0 Å². The summed E-state index contributed by atoms with van der Waals surface area (Å²) in [4.78, 5) is 13.4. The monoisotopic (exact) mass is 288 g/mol. The normalized spacial score (nSPS) is 9.63. The van der Waals surface area contributed by atoms with Gasteiger partial charge in [0.05, 0.1) is 7.11 Å². The van der Waals surface area contributed by atoms with Crippen molar-refractivity contribution in [2.24, 2.45) is 0 Å². The Morgan fingerprint density at radius 3 is 2.74 bits per heavy atom. The quantitative estimate of drug-likeness (QED) is 0.830. The maximum atomic E-state index is 11.7. The molecule has 0 aromatic heterocycles. The molecule has 0 aliphatic carbocycles. The second-order valence-electron chi connectivity index (χ2n) is 4.11. The van der Waals surface area contributed by atoms with Crippen LogP contribution in [0.3, 0.4) is 0 Å². The van der Waals surface area contributed by atoms with E-state index in [4.69, 9.17) is 4.74 Å². The average molecular weight is 289 g/mol. The Labute approximate surface area is 120 Å². The molecule has 0 heterocycles. The van der Waals surface area contributed by atoms with Crippen LogP contribution in [0.4, 0.5) is 0 Å². The van der Waals surface area contributed by atoms with Crippen LogP contribution in [0, 0.1) is 0 Å². The number of halogens is 1. The molecule has 1 aromatic rings. The number of nitrogens with one attached hydrogen (secondary N) is 1. The third-order valence-corrected chi connectivity index (χ3v) is 2.68. The first-order valence-corrected chi connectivity index (χ1v) is 5.83. The van der Waals surface area contributed by atoms with Gasteiger partial charge in [0.2, 0.25) is 5.91 Å². The predicted octanol–water partition coefficient (Wildman–Crippen LogP) is 1.39. The number of benzene rings is 1. The summed E-state index contributed by atoms with van der Waals surface area (Å²) in [7, 11) is 5.08. The second kappa shape index (κ2) is 8.61. The number of hydrogen-bond donors (Lipinski definition) is 2. The molecule has 6 heteroatoms. The molecule has 0 aliphatic rings. The second-order valence-corrected chi connectivity index (χ2v) is 4.11. The van der Waals surface area contributed by atoms with E-state index >= 15 is 0 Å². The molecule has 0 saturated carbocycles. The summed E-state index contributed by atoms with van der Waals surface area (Å²) in [5.74, 6) is 0.602. The van der Waals surface area contributed by atoms with Gasteiger partial charge in [0.25, 0.3) is 0 Å². The van der Waals surface area contributed by atoms with Crippen LogP contribution in [-0.2, 0) is 11.3 Å². The zero-order valence-electron chi connectivity index (χ0n) is 11.5. The number of rotatable bonds is 6. The fraction of sp³-hybridized carbons (Fsp3) is 0.462. The molecule has 0 bridgehead atoms. The van der Waals surface area contributed by atoms with Crippen LogP contribution >= 0.6 is 12.4 Å². The maximum Gasteiger partial charge on any atom is 0.223 e. The van der Waals surface area contributed by atoms with Crippen molar-refractivity contribution in [2.75, 3.05) is 27.7 Å². The van der Waals surface area contributed by atoms with Crippen LogP contribution in [0.2, 0.25) is 0 Å². The minimum atomic E-state index is 0. The van der Waals surface area contributed by atoms with Gasteiger partial charge in [0.1, 0.15) is 0 Å². The Bertz CT molecular complexity index is 413. The molecule has 1 amide bonds. The number of ether oxygens (including phenoxy) is 1. The summed E-state index contributed by atoms with van der Waals surface area (Å²) in [6.45, 7) is 1.17. The highest BCUT2D eigenvalue weighted by Crippen LogP contribution is 2.26. The maximum absolute atomic E-state index is 11.7. The van der Waals surface area contributed by atoms with Gasteiger partial charge < -0.3 is 20.1 Å². The summed E-state index contributed by atoms with van der Waals surface area (Å²) >= 11 is 0. The number of phenolic OH excluding ortho intramolecular Hbond substituents is 1. The number of phenols is 1. The number of carbonyl (C=O) groups excluding carboxylic acids is 1. The first-order valence-electron chi connectivity index (χ1n) is 5.83. The van der Waals surface area contributed by atoms with Crippen LogP contribution < -0.4 is 10.1 Å². The first-order chi connectivity index (χ1) is 8.58. The highest BCUT2D eigenvalue weighted by molar-refractivity contribution is 5.85. The van der Waals surface area contributed by atoms with E-state index in [0.717, 1.165) is 5.56 Å². The van der Waals surface area contributed by atoms with Gasteiger partial charge in [0, 0.05) is 26.6 Å². The lowest BCUT2D eigenvalue weighted by Gasteiger charge is -2.17. The smallest absolute Gasteiger partial charge is 0.223 e. The molecule has 0 aliphatic heterocycles. The van der Waals surface area contributed by atoms with Crippen molar-refractivity contribution in [3.8, 4) is 11.5 Å². The molecule has 2 N–H and O–H groups in total. The SMILES string of the molecule is CNCCC(=O)N(C)Cc1ccc(O)c(OC)c1.Cl. The van der Waals surface area contributed by atoms with E-state index in [-0.39, 0.29) is 24.1 Å². The van der Waals surface area contributed by atoms with Crippen molar-refractivity contribution in [2.45, 2.75) is 13.0 Å².